The lowest BCUT2D eigenvalue weighted by atomic mass is 9.85. The van der Waals surface area contributed by atoms with E-state index in [1.54, 1.807) is 0 Å². The Hall–Kier alpha value is -4.27. The molecule has 5 aromatic carbocycles. The Labute approximate surface area is 309 Å². The summed E-state index contributed by atoms with van der Waals surface area (Å²) < 4.78 is 4.11. The summed E-state index contributed by atoms with van der Waals surface area (Å²) >= 11 is 5.87. The monoisotopic (exact) mass is 713 g/mol. The number of allylic oxidation sites excluding steroid dienone is 3. The van der Waals surface area contributed by atoms with E-state index >= 15 is 0 Å². The summed E-state index contributed by atoms with van der Waals surface area (Å²) in [6, 6.07) is 42.5. The van der Waals surface area contributed by atoms with Crippen molar-refractivity contribution < 1.29 is 0 Å². The minimum Gasteiger partial charge on any atom is -0.279 e. The Bertz CT molecular complexity index is 2590. The minimum atomic E-state index is 0.0252. The summed E-state index contributed by atoms with van der Waals surface area (Å²) in [4.78, 5) is 2.81. The third-order valence-corrected chi connectivity index (χ3v) is 15.0. The van der Waals surface area contributed by atoms with Crippen LogP contribution in [0, 0.1) is 0 Å². The van der Waals surface area contributed by atoms with Crippen LogP contribution in [0.1, 0.15) is 40.1 Å². The highest BCUT2D eigenvalue weighted by atomic mass is 32.2. The highest BCUT2D eigenvalue weighted by molar-refractivity contribution is 8.00. The Kier molecular flexibility index (Phi) is 7.24. The van der Waals surface area contributed by atoms with E-state index in [1.165, 1.54) is 79.0 Å². The van der Waals surface area contributed by atoms with Crippen LogP contribution in [-0.4, -0.2) is 17.6 Å². The summed E-state index contributed by atoms with van der Waals surface area (Å²) in [5.74, 6) is 0.327. The Morgan fingerprint density at radius 1 is 0.627 bits per heavy atom. The minimum absolute atomic E-state index is 0.0252. The molecule has 1 saturated heterocycles. The summed E-state index contributed by atoms with van der Waals surface area (Å²) in [6.07, 6.45) is 11.8. The first kappa shape index (κ1) is 30.4. The number of thioether (sulfide) groups is 1. The first-order chi connectivity index (χ1) is 25.2. The van der Waals surface area contributed by atoms with Crippen molar-refractivity contribution in [2.24, 2.45) is 0 Å². The van der Waals surface area contributed by atoms with Gasteiger partial charge < -0.3 is 0 Å². The average molecular weight is 714 g/mol. The van der Waals surface area contributed by atoms with E-state index in [4.69, 9.17) is 0 Å². The van der Waals surface area contributed by atoms with Gasteiger partial charge in [0, 0.05) is 45.8 Å². The zero-order valence-corrected chi connectivity index (χ0v) is 30.3. The molecule has 3 nitrogen and oxygen atoms in total. The molecule has 6 heteroatoms. The molecule has 5 atom stereocenters. The van der Waals surface area contributed by atoms with Gasteiger partial charge in [0.2, 0.25) is 0 Å². The lowest BCUT2D eigenvalue weighted by Crippen LogP contribution is -2.65. The van der Waals surface area contributed by atoms with Crippen molar-refractivity contribution in [1.82, 2.24) is 16.0 Å². The summed E-state index contributed by atoms with van der Waals surface area (Å²) in [7, 11) is 0. The number of fused-ring (bicyclic) bond motifs is 9. The SMILES string of the molecule is C1=CC2c3cc(-c4cccc5c4sc4ccccc45)ccc3SC2C(C2NC(C3=Cc4sc5ccccc5c4CC3)NC(c3ccccc3)N2)=C1. The van der Waals surface area contributed by atoms with Gasteiger partial charge in [-0.2, -0.15) is 0 Å². The van der Waals surface area contributed by atoms with Crippen molar-refractivity contribution in [3.8, 4) is 11.1 Å². The second kappa shape index (κ2) is 12.2. The van der Waals surface area contributed by atoms with Gasteiger partial charge in [-0.05, 0) is 87.5 Å². The molecule has 2 aliphatic carbocycles. The van der Waals surface area contributed by atoms with Crippen LogP contribution < -0.4 is 16.0 Å². The highest BCUT2D eigenvalue weighted by Crippen LogP contribution is 2.53. The van der Waals surface area contributed by atoms with Crippen LogP contribution in [0.3, 0.4) is 0 Å². The number of nitrogens with one attached hydrogen (secondary N) is 3. The van der Waals surface area contributed by atoms with Gasteiger partial charge in [0.15, 0.2) is 0 Å². The second-order valence-corrected chi connectivity index (χ2v) is 17.3. The second-order valence-electron chi connectivity index (χ2n) is 14.0. The number of hydrogen-bond acceptors (Lipinski definition) is 6. The molecule has 7 aromatic rings. The van der Waals surface area contributed by atoms with Crippen LogP contribution in [0.5, 0.6) is 0 Å². The molecule has 51 heavy (non-hydrogen) atoms. The summed E-state index contributed by atoms with van der Waals surface area (Å²) in [5, 5.41) is 16.5. The van der Waals surface area contributed by atoms with Crippen molar-refractivity contribution in [2.75, 3.05) is 0 Å². The van der Waals surface area contributed by atoms with Crippen molar-refractivity contribution in [2.45, 2.75) is 47.4 Å². The third kappa shape index (κ3) is 5.04. The van der Waals surface area contributed by atoms with Gasteiger partial charge in [-0.3, -0.25) is 16.0 Å². The predicted molar refractivity (Wildman–Crippen MR) is 219 cm³/mol. The van der Waals surface area contributed by atoms with Crippen LogP contribution in [-0.2, 0) is 6.42 Å². The van der Waals surface area contributed by atoms with E-state index in [-0.39, 0.29) is 18.5 Å². The number of hydrogen-bond donors (Lipinski definition) is 3. The van der Waals surface area contributed by atoms with E-state index in [2.05, 4.69) is 156 Å². The van der Waals surface area contributed by atoms with Gasteiger partial charge in [0.25, 0.3) is 0 Å². The smallest absolute Gasteiger partial charge is 0.0864 e. The largest absolute Gasteiger partial charge is 0.279 e. The van der Waals surface area contributed by atoms with Gasteiger partial charge in [0.05, 0.1) is 18.5 Å². The molecule has 248 valence electrons. The van der Waals surface area contributed by atoms with Gasteiger partial charge in [-0.15, -0.1) is 34.4 Å². The molecule has 0 bridgehead atoms. The maximum Gasteiger partial charge on any atom is 0.0864 e. The Morgan fingerprint density at radius 3 is 2.29 bits per heavy atom. The molecule has 2 aliphatic heterocycles. The molecule has 5 unspecified atom stereocenters. The van der Waals surface area contributed by atoms with E-state index in [0.29, 0.717) is 11.2 Å². The van der Waals surface area contributed by atoms with Crippen LogP contribution >= 0.6 is 34.4 Å². The predicted octanol–water partition coefficient (Wildman–Crippen LogP) is 11.2. The molecular formula is C45H35N3S3. The van der Waals surface area contributed by atoms with Gasteiger partial charge in [0.1, 0.15) is 0 Å². The molecule has 2 aromatic heterocycles. The van der Waals surface area contributed by atoms with Crippen molar-refractivity contribution in [3.05, 3.63) is 166 Å². The van der Waals surface area contributed by atoms with E-state index in [9.17, 15) is 0 Å². The zero-order chi connectivity index (χ0) is 33.5. The number of benzene rings is 5. The van der Waals surface area contributed by atoms with Crippen molar-refractivity contribution in [3.63, 3.8) is 0 Å². The topological polar surface area (TPSA) is 36.1 Å². The normalized spacial score (nSPS) is 24.0. The average Bonchev–Trinajstić information content (AvgIpc) is 3.88. The zero-order valence-electron chi connectivity index (χ0n) is 27.8. The van der Waals surface area contributed by atoms with Crippen LogP contribution in [0.15, 0.2) is 150 Å². The lowest BCUT2D eigenvalue weighted by Gasteiger charge is -2.43. The molecule has 0 spiro atoms. The molecule has 4 aliphatic rings. The fourth-order valence-corrected chi connectivity index (χ4v) is 12.6. The fraction of sp³-hybridized carbons (Fsp3) is 0.156. The first-order valence-corrected chi connectivity index (χ1v) is 20.4. The maximum atomic E-state index is 4.07. The number of thiophene rings is 2. The van der Waals surface area contributed by atoms with Gasteiger partial charge in [-0.1, -0.05) is 109 Å². The van der Waals surface area contributed by atoms with E-state index in [0.717, 1.165) is 12.8 Å². The van der Waals surface area contributed by atoms with E-state index in [1.807, 2.05) is 34.4 Å². The van der Waals surface area contributed by atoms with Crippen LogP contribution in [0.2, 0.25) is 0 Å². The molecule has 3 N–H and O–H groups in total. The Morgan fingerprint density at radius 2 is 1.39 bits per heavy atom. The van der Waals surface area contributed by atoms with Gasteiger partial charge >= 0.3 is 0 Å². The summed E-state index contributed by atoms with van der Waals surface area (Å²) in [5.41, 5.74) is 9.71. The van der Waals surface area contributed by atoms with Gasteiger partial charge in [-0.25, -0.2) is 0 Å². The standard InChI is InChI=1S/C45H35N3S3/c1-2-10-26(11-3-1)43-46-44(28-20-22-32-30-12-4-6-18-37(30)49-40(32)25-28)48-45(47-43)35-17-9-16-34-36-24-27(21-23-39(36)51-42(34)35)29-14-8-15-33-31-13-5-7-19-38(31)50-41(29)33/h1-19,21,23-25,34,42-48H,20,22H2. The third-order valence-electron chi connectivity index (χ3n) is 11.1. The molecule has 0 radical (unpaired) electrons. The first-order valence-electron chi connectivity index (χ1n) is 17.9. The fourth-order valence-electron chi connectivity index (χ4n) is 8.67. The molecule has 11 rings (SSSR count). The highest BCUT2D eigenvalue weighted by Gasteiger charge is 2.41. The Balaban J connectivity index is 0.929. The summed E-state index contributed by atoms with van der Waals surface area (Å²) in [6.45, 7) is 0. The molecule has 4 heterocycles. The number of rotatable bonds is 4. The molecule has 0 saturated carbocycles. The number of aryl methyl sites for hydroxylation is 1. The van der Waals surface area contributed by atoms with Crippen molar-refractivity contribution >= 4 is 70.8 Å². The van der Waals surface area contributed by atoms with Crippen LogP contribution in [0.25, 0.3) is 47.5 Å². The maximum absolute atomic E-state index is 4.07. The van der Waals surface area contributed by atoms with E-state index < -0.39 is 0 Å². The van der Waals surface area contributed by atoms with Crippen LogP contribution in [0.4, 0.5) is 0 Å². The molecule has 0 amide bonds. The lowest BCUT2D eigenvalue weighted by molar-refractivity contribution is 0.236. The molecule has 1 fully saturated rings. The molecular weight excluding hydrogens is 679 g/mol. The quantitative estimate of drug-likeness (QED) is 0.170. The van der Waals surface area contributed by atoms with Crippen molar-refractivity contribution in [1.29, 1.82) is 0 Å².